The molecule has 0 unspecified atom stereocenters. The van der Waals surface area contributed by atoms with Gasteiger partial charge in [-0.15, -0.1) is 0 Å². The number of benzene rings is 2. The number of fused-ring (bicyclic) bond motifs is 1. The van der Waals surface area contributed by atoms with E-state index >= 15 is 0 Å². The van der Waals surface area contributed by atoms with E-state index in [0.717, 1.165) is 11.1 Å². The summed E-state index contributed by atoms with van der Waals surface area (Å²) >= 11 is 0. The van der Waals surface area contributed by atoms with Crippen molar-refractivity contribution in [2.75, 3.05) is 0 Å². The van der Waals surface area contributed by atoms with Crippen LogP contribution >= 0.6 is 0 Å². The van der Waals surface area contributed by atoms with Crippen molar-refractivity contribution in [1.29, 1.82) is 0 Å². The molecule has 3 aromatic rings. The van der Waals surface area contributed by atoms with Crippen molar-refractivity contribution >= 4 is 16.6 Å². The maximum Gasteiger partial charge on any atom is 0.272 e. The highest BCUT2D eigenvalue weighted by Gasteiger charge is 2.11. The smallest absolute Gasteiger partial charge is 0.272 e. The highest BCUT2D eigenvalue weighted by Crippen LogP contribution is 2.28. The molecule has 3 rings (SSSR count). The number of rotatable bonds is 2. The molecular weight excluding hydrogens is 252 g/mol. The van der Waals surface area contributed by atoms with Crippen LogP contribution < -0.4 is 0 Å². The van der Waals surface area contributed by atoms with Crippen LogP contribution in [0.2, 0.25) is 0 Å². The third kappa shape index (κ3) is 1.95. The Kier molecular flexibility index (Phi) is 2.79. The summed E-state index contributed by atoms with van der Waals surface area (Å²) in [7, 11) is 2.01. The minimum absolute atomic E-state index is 0.162. The summed E-state index contributed by atoms with van der Waals surface area (Å²) in [5.74, 6) is 0. The summed E-state index contributed by atoms with van der Waals surface area (Å²) in [6.45, 7) is 1.77. The molecule has 0 amide bonds. The normalized spacial score (nSPS) is 10.9. The molecule has 0 aliphatic heterocycles. The van der Waals surface area contributed by atoms with Crippen LogP contribution in [-0.2, 0) is 7.05 Å². The first-order valence-electron chi connectivity index (χ1n) is 6.37. The molecule has 0 saturated carbocycles. The summed E-state index contributed by atoms with van der Waals surface area (Å²) in [6.07, 6.45) is 2.02. The number of nitro groups is 1. The third-order valence-electron chi connectivity index (χ3n) is 3.61. The Morgan fingerprint density at radius 2 is 1.75 bits per heavy atom. The van der Waals surface area contributed by atoms with Gasteiger partial charge in [-0.05, 0) is 48.4 Å². The lowest BCUT2D eigenvalue weighted by Crippen LogP contribution is -1.91. The molecule has 0 atom stereocenters. The lowest BCUT2D eigenvalue weighted by Gasteiger charge is -2.05. The van der Waals surface area contributed by atoms with Crippen LogP contribution in [0, 0.1) is 17.0 Å². The SMILES string of the molecule is Cc1cc(-c2ccc3c(ccn3C)c2)ccc1[N+](=O)[O-]. The zero-order chi connectivity index (χ0) is 14.3. The van der Waals surface area contributed by atoms with Gasteiger partial charge < -0.3 is 4.57 Å². The fourth-order valence-electron chi connectivity index (χ4n) is 2.50. The van der Waals surface area contributed by atoms with E-state index in [1.54, 1.807) is 19.1 Å². The number of nitro benzene ring substituents is 1. The maximum atomic E-state index is 10.8. The molecule has 1 aromatic heterocycles. The standard InChI is InChI=1S/C16H14N2O2/c1-11-9-12(3-5-15(11)18(19)20)13-4-6-16-14(10-13)7-8-17(16)2/h3-10H,1-2H3. The van der Waals surface area contributed by atoms with Gasteiger partial charge in [-0.1, -0.05) is 6.07 Å². The molecule has 0 radical (unpaired) electrons. The molecule has 0 spiro atoms. The molecule has 0 N–H and O–H groups in total. The van der Waals surface area contributed by atoms with Crippen LogP contribution in [-0.4, -0.2) is 9.49 Å². The molecule has 0 aliphatic carbocycles. The molecule has 0 bridgehead atoms. The Bertz CT molecular complexity index is 818. The van der Waals surface area contributed by atoms with E-state index in [0.29, 0.717) is 5.56 Å². The van der Waals surface area contributed by atoms with Crippen molar-refractivity contribution in [2.45, 2.75) is 6.92 Å². The van der Waals surface area contributed by atoms with Crippen molar-refractivity contribution in [3.8, 4) is 11.1 Å². The summed E-state index contributed by atoms with van der Waals surface area (Å²) in [5.41, 5.74) is 4.09. The van der Waals surface area contributed by atoms with Crippen LogP contribution in [0.1, 0.15) is 5.56 Å². The monoisotopic (exact) mass is 266 g/mol. The number of nitrogens with zero attached hydrogens (tertiary/aromatic N) is 2. The number of hydrogen-bond donors (Lipinski definition) is 0. The fourth-order valence-corrected chi connectivity index (χ4v) is 2.50. The van der Waals surface area contributed by atoms with Crippen LogP contribution in [0.4, 0.5) is 5.69 Å². The zero-order valence-electron chi connectivity index (χ0n) is 11.3. The second kappa shape index (κ2) is 4.49. The van der Waals surface area contributed by atoms with Gasteiger partial charge in [0.2, 0.25) is 0 Å². The van der Waals surface area contributed by atoms with Crippen molar-refractivity contribution in [1.82, 2.24) is 4.57 Å². The van der Waals surface area contributed by atoms with Crippen molar-refractivity contribution < 1.29 is 4.92 Å². The summed E-state index contributed by atoms with van der Waals surface area (Å²) in [6, 6.07) is 13.5. The van der Waals surface area contributed by atoms with Gasteiger partial charge in [-0.3, -0.25) is 10.1 Å². The molecule has 0 fully saturated rings. The first-order chi connectivity index (χ1) is 9.56. The van der Waals surface area contributed by atoms with Crippen molar-refractivity contribution in [2.24, 2.45) is 7.05 Å². The van der Waals surface area contributed by atoms with Crippen molar-refractivity contribution in [3.05, 3.63) is 64.3 Å². The minimum atomic E-state index is -0.348. The third-order valence-corrected chi connectivity index (χ3v) is 3.61. The van der Waals surface area contributed by atoms with Gasteiger partial charge in [-0.25, -0.2) is 0 Å². The lowest BCUT2D eigenvalue weighted by atomic mass is 10.0. The molecule has 4 nitrogen and oxygen atoms in total. The average Bonchev–Trinajstić information content (AvgIpc) is 2.79. The lowest BCUT2D eigenvalue weighted by molar-refractivity contribution is -0.385. The van der Waals surface area contributed by atoms with Gasteiger partial charge in [0.15, 0.2) is 0 Å². The van der Waals surface area contributed by atoms with E-state index in [2.05, 4.69) is 22.8 Å². The molecule has 100 valence electrons. The summed E-state index contributed by atoms with van der Waals surface area (Å²) < 4.78 is 2.07. The Balaban J connectivity index is 2.10. The van der Waals surface area contributed by atoms with E-state index in [1.165, 1.54) is 10.9 Å². The molecular formula is C16H14N2O2. The minimum Gasteiger partial charge on any atom is -0.351 e. The van der Waals surface area contributed by atoms with Crippen LogP contribution in [0.25, 0.3) is 22.0 Å². The fraction of sp³-hybridized carbons (Fsp3) is 0.125. The van der Waals surface area contributed by atoms with Crippen LogP contribution in [0.5, 0.6) is 0 Å². The predicted octanol–water partition coefficient (Wildman–Crippen LogP) is 4.06. The highest BCUT2D eigenvalue weighted by molar-refractivity contribution is 5.85. The van der Waals surface area contributed by atoms with Crippen molar-refractivity contribution in [3.63, 3.8) is 0 Å². The molecule has 4 heteroatoms. The second-order valence-electron chi connectivity index (χ2n) is 4.96. The molecule has 1 heterocycles. The Labute approximate surface area is 116 Å². The predicted molar refractivity (Wildman–Crippen MR) is 79.7 cm³/mol. The Morgan fingerprint density at radius 3 is 2.45 bits per heavy atom. The zero-order valence-corrected chi connectivity index (χ0v) is 11.3. The first kappa shape index (κ1) is 12.4. The van der Waals surface area contributed by atoms with Crippen LogP contribution in [0.15, 0.2) is 48.7 Å². The van der Waals surface area contributed by atoms with Gasteiger partial charge in [0.05, 0.1) is 4.92 Å². The van der Waals surface area contributed by atoms with Crippen LogP contribution in [0.3, 0.4) is 0 Å². The van der Waals surface area contributed by atoms with Gasteiger partial charge in [-0.2, -0.15) is 0 Å². The van der Waals surface area contributed by atoms with E-state index in [-0.39, 0.29) is 10.6 Å². The van der Waals surface area contributed by atoms with Gasteiger partial charge in [0, 0.05) is 35.8 Å². The Morgan fingerprint density at radius 1 is 1.05 bits per heavy atom. The van der Waals surface area contributed by atoms with E-state index < -0.39 is 0 Å². The summed E-state index contributed by atoms with van der Waals surface area (Å²) in [5, 5.41) is 12.0. The highest BCUT2D eigenvalue weighted by atomic mass is 16.6. The first-order valence-corrected chi connectivity index (χ1v) is 6.37. The number of aryl methyl sites for hydroxylation is 2. The largest absolute Gasteiger partial charge is 0.351 e. The summed E-state index contributed by atoms with van der Waals surface area (Å²) in [4.78, 5) is 10.5. The van der Waals surface area contributed by atoms with E-state index in [4.69, 9.17) is 0 Å². The van der Waals surface area contributed by atoms with E-state index in [1.807, 2.05) is 25.4 Å². The molecule has 0 aliphatic rings. The second-order valence-corrected chi connectivity index (χ2v) is 4.96. The Hall–Kier alpha value is -2.62. The number of aromatic nitrogens is 1. The molecule has 0 saturated heterocycles. The molecule has 2 aromatic carbocycles. The maximum absolute atomic E-state index is 10.8. The quantitative estimate of drug-likeness (QED) is 0.518. The molecule has 20 heavy (non-hydrogen) atoms. The topological polar surface area (TPSA) is 48.1 Å². The van der Waals surface area contributed by atoms with E-state index in [9.17, 15) is 10.1 Å². The average molecular weight is 266 g/mol. The van der Waals surface area contributed by atoms with Gasteiger partial charge in [0.25, 0.3) is 5.69 Å². The van der Waals surface area contributed by atoms with Gasteiger partial charge in [0.1, 0.15) is 0 Å². The van der Waals surface area contributed by atoms with Gasteiger partial charge >= 0.3 is 0 Å². The number of hydrogen-bond acceptors (Lipinski definition) is 2.